The Hall–Kier alpha value is -4.02. The Labute approximate surface area is 222 Å². The molecule has 3 aromatic carbocycles. The minimum atomic E-state index is -0.531. The highest BCUT2D eigenvalue weighted by Gasteiger charge is 2.13. The van der Waals surface area contributed by atoms with Crippen LogP contribution < -0.4 is 15.5 Å². The molecule has 0 saturated carbocycles. The zero-order chi connectivity index (χ0) is 25.5. The van der Waals surface area contributed by atoms with Gasteiger partial charge in [0.05, 0.1) is 18.0 Å². The van der Waals surface area contributed by atoms with Gasteiger partial charge in [0.15, 0.2) is 5.76 Å². The summed E-state index contributed by atoms with van der Waals surface area (Å²) in [6.07, 6.45) is 2.77. The lowest BCUT2D eigenvalue weighted by Crippen LogP contribution is -2.18. The fourth-order valence-electron chi connectivity index (χ4n) is 3.02. The van der Waals surface area contributed by atoms with E-state index in [1.54, 1.807) is 66.7 Å². The number of hydrogen-bond acceptors (Lipinski definition) is 6. The van der Waals surface area contributed by atoms with E-state index >= 15 is 0 Å². The van der Waals surface area contributed by atoms with Gasteiger partial charge in [-0.1, -0.05) is 37.9 Å². The number of carbonyl (C=O) groups is 3. The normalized spacial score (nSPS) is 10.7. The van der Waals surface area contributed by atoms with Gasteiger partial charge >= 0.3 is 5.97 Å². The number of esters is 1. The highest BCUT2D eigenvalue weighted by Crippen LogP contribution is 2.23. The van der Waals surface area contributed by atoms with Crippen molar-refractivity contribution in [3.05, 3.63) is 117 Å². The Kier molecular flexibility index (Phi) is 8.09. The Morgan fingerprint density at radius 3 is 2.36 bits per heavy atom. The van der Waals surface area contributed by atoms with Crippen molar-refractivity contribution in [3.63, 3.8) is 0 Å². The molecular weight excluding hydrogens is 594 g/mol. The molecule has 0 atom stereocenters. The number of benzene rings is 3. The molecule has 1 aromatic heterocycles. The first-order valence-electron chi connectivity index (χ1n) is 10.4. The average molecular weight is 611 g/mol. The maximum absolute atomic E-state index is 12.6. The number of rotatable bonds is 7. The molecule has 0 aliphatic rings. The van der Waals surface area contributed by atoms with Gasteiger partial charge in [0, 0.05) is 25.8 Å². The van der Waals surface area contributed by atoms with Gasteiger partial charge in [0.2, 0.25) is 0 Å². The smallest absolute Gasteiger partial charge is 0.343 e. The van der Waals surface area contributed by atoms with E-state index in [4.69, 9.17) is 9.15 Å². The molecule has 0 saturated heterocycles. The van der Waals surface area contributed by atoms with Gasteiger partial charge in [-0.05, 0) is 72.8 Å². The summed E-state index contributed by atoms with van der Waals surface area (Å²) < 4.78 is 12.2. The lowest BCUT2D eigenvalue weighted by molar-refractivity contribution is 0.0733. The second kappa shape index (κ2) is 11.6. The number of furan rings is 1. The first-order chi connectivity index (χ1) is 17.4. The number of carbonyl (C=O) groups excluding carboxylic acids is 3. The summed E-state index contributed by atoms with van der Waals surface area (Å²) in [5.41, 5.74) is 3.98. The van der Waals surface area contributed by atoms with Crippen LogP contribution in [0, 0.1) is 0 Å². The lowest BCUT2D eigenvalue weighted by atomic mass is 10.2. The van der Waals surface area contributed by atoms with Gasteiger partial charge in [0.1, 0.15) is 5.75 Å². The summed E-state index contributed by atoms with van der Waals surface area (Å²) in [5.74, 6) is -1.04. The molecule has 4 aromatic rings. The van der Waals surface area contributed by atoms with Gasteiger partial charge in [-0.2, -0.15) is 5.10 Å². The Bertz CT molecular complexity index is 1430. The van der Waals surface area contributed by atoms with Crippen molar-refractivity contribution in [2.24, 2.45) is 5.10 Å². The molecule has 0 aliphatic carbocycles. The Morgan fingerprint density at radius 1 is 0.833 bits per heavy atom. The van der Waals surface area contributed by atoms with Gasteiger partial charge < -0.3 is 14.5 Å². The second-order valence-corrected chi connectivity index (χ2v) is 9.12. The van der Waals surface area contributed by atoms with Crippen LogP contribution in [0.1, 0.15) is 36.8 Å². The van der Waals surface area contributed by atoms with Crippen molar-refractivity contribution in [1.82, 2.24) is 5.43 Å². The average Bonchev–Trinajstić information content (AvgIpc) is 3.41. The molecule has 0 fully saturated rings. The van der Waals surface area contributed by atoms with Crippen LogP contribution in [0.4, 0.5) is 5.69 Å². The van der Waals surface area contributed by atoms with Crippen molar-refractivity contribution in [3.8, 4) is 5.75 Å². The van der Waals surface area contributed by atoms with Gasteiger partial charge in [-0.25, -0.2) is 10.2 Å². The number of nitrogens with one attached hydrogen (secondary N) is 2. The van der Waals surface area contributed by atoms with E-state index in [9.17, 15) is 14.4 Å². The molecule has 0 spiro atoms. The fourth-order valence-corrected chi connectivity index (χ4v) is 3.66. The number of anilines is 1. The Morgan fingerprint density at radius 2 is 1.61 bits per heavy atom. The quantitative estimate of drug-likeness (QED) is 0.115. The number of ether oxygens (including phenoxy) is 1. The SMILES string of the molecule is O=C(NN=Cc1cc(Br)ccc1OC(=O)c1ccc(Br)cc1)c1cccc(NC(=O)c2ccco2)c1. The van der Waals surface area contributed by atoms with E-state index in [1.165, 1.54) is 24.6 Å². The van der Waals surface area contributed by atoms with Crippen molar-refractivity contribution < 1.29 is 23.5 Å². The van der Waals surface area contributed by atoms with Crippen LogP contribution in [-0.4, -0.2) is 24.0 Å². The standard InChI is InChI=1S/C26H17Br2N3O5/c27-19-8-6-16(7-9-19)26(34)36-22-11-10-20(28)13-18(22)15-29-31-24(32)17-3-1-4-21(14-17)30-25(33)23-5-2-12-35-23/h1-15H,(H,30,33)(H,31,32). The molecule has 0 bridgehead atoms. The maximum atomic E-state index is 12.6. The van der Waals surface area contributed by atoms with Crippen LogP contribution in [0.2, 0.25) is 0 Å². The predicted octanol–water partition coefficient (Wildman–Crippen LogP) is 6.04. The molecule has 0 radical (unpaired) electrons. The number of hydrazone groups is 1. The number of nitrogens with zero attached hydrogens (tertiary/aromatic N) is 1. The third kappa shape index (κ3) is 6.55. The second-order valence-electron chi connectivity index (χ2n) is 7.29. The monoisotopic (exact) mass is 609 g/mol. The van der Waals surface area contributed by atoms with E-state index in [1.807, 2.05) is 0 Å². The van der Waals surface area contributed by atoms with Crippen LogP contribution in [-0.2, 0) is 0 Å². The van der Waals surface area contributed by atoms with Crippen molar-refractivity contribution in [2.75, 3.05) is 5.32 Å². The van der Waals surface area contributed by atoms with Gasteiger partial charge in [-0.15, -0.1) is 0 Å². The summed E-state index contributed by atoms with van der Waals surface area (Å²) in [7, 11) is 0. The summed E-state index contributed by atoms with van der Waals surface area (Å²) in [6.45, 7) is 0. The molecule has 0 unspecified atom stereocenters. The molecular formula is C26H17Br2N3O5. The van der Waals surface area contributed by atoms with E-state index in [0.29, 0.717) is 16.8 Å². The molecule has 8 nitrogen and oxygen atoms in total. The molecule has 36 heavy (non-hydrogen) atoms. The molecule has 180 valence electrons. The van der Waals surface area contributed by atoms with E-state index < -0.39 is 17.8 Å². The molecule has 10 heteroatoms. The van der Waals surface area contributed by atoms with Gasteiger partial charge in [0.25, 0.3) is 11.8 Å². The van der Waals surface area contributed by atoms with Crippen LogP contribution in [0.15, 0.2) is 104 Å². The summed E-state index contributed by atoms with van der Waals surface area (Å²) in [5, 5.41) is 6.66. The highest BCUT2D eigenvalue weighted by molar-refractivity contribution is 9.10. The van der Waals surface area contributed by atoms with Crippen LogP contribution >= 0.6 is 31.9 Å². The van der Waals surface area contributed by atoms with E-state index in [-0.39, 0.29) is 17.1 Å². The first kappa shape index (κ1) is 25.1. The van der Waals surface area contributed by atoms with Crippen LogP contribution in [0.3, 0.4) is 0 Å². The Balaban J connectivity index is 1.43. The topological polar surface area (TPSA) is 110 Å². The van der Waals surface area contributed by atoms with Crippen LogP contribution in [0.5, 0.6) is 5.75 Å². The summed E-state index contributed by atoms with van der Waals surface area (Å²) >= 11 is 6.71. The third-order valence-electron chi connectivity index (χ3n) is 4.75. The summed E-state index contributed by atoms with van der Waals surface area (Å²) in [4.78, 5) is 37.3. The zero-order valence-corrected chi connectivity index (χ0v) is 21.6. The van der Waals surface area contributed by atoms with Crippen molar-refractivity contribution in [1.29, 1.82) is 0 Å². The minimum absolute atomic E-state index is 0.153. The van der Waals surface area contributed by atoms with E-state index in [2.05, 4.69) is 47.7 Å². The number of halogens is 2. The largest absolute Gasteiger partial charge is 0.459 e. The highest BCUT2D eigenvalue weighted by atomic mass is 79.9. The van der Waals surface area contributed by atoms with Crippen molar-refractivity contribution >= 4 is 61.5 Å². The van der Waals surface area contributed by atoms with Crippen LogP contribution in [0.25, 0.3) is 0 Å². The molecule has 4 rings (SSSR count). The van der Waals surface area contributed by atoms with E-state index in [0.717, 1.165) is 8.95 Å². The number of amides is 2. The molecule has 2 N–H and O–H groups in total. The molecule has 0 aliphatic heterocycles. The van der Waals surface area contributed by atoms with Crippen molar-refractivity contribution in [2.45, 2.75) is 0 Å². The minimum Gasteiger partial charge on any atom is -0.459 e. The third-order valence-corrected chi connectivity index (χ3v) is 5.77. The molecule has 2 amide bonds. The lowest BCUT2D eigenvalue weighted by Gasteiger charge is -2.08. The zero-order valence-electron chi connectivity index (χ0n) is 18.4. The maximum Gasteiger partial charge on any atom is 0.343 e. The fraction of sp³-hybridized carbons (Fsp3) is 0. The summed E-state index contributed by atoms with van der Waals surface area (Å²) in [6, 6.07) is 21.3. The first-order valence-corrected chi connectivity index (χ1v) is 12.0. The predicted molar refractivity (Wildman–Crippen MR) is 141 cm³/mol. The number of hydrogen-bond donors (Lipinski definition) is 2. The molecule has 1 heterocycles. The van der Waals surface area contributed by atoms with Gasteiger partial charge in [-0.3, -0.25) is 9.59 Å².